The SMILES string of the molecule is N#Cc1cccc(C2=CC=CC2)c1. The van der Waals surface area contributed by atoms with Crippen LogP contribution in [0.4, 0.5) is 0 Å². The maximum atomic E-state index is 8.72. The number of allylic oxidation sites excluding steroid dienone is 4. The molecule has 0 saturated heterocycles. The standard InChI is InChI=1S/C12H9N/c13-9-10-4-3-7-12(8-10)11-5-1-2-6-11/h1-5,7-8H,6H2. The Labute approximate surface area is 77.6 Å². The summed E-state index contributed by atoms with van der Waals surface area (Å²) in [7, 11) is 0. The molecule has 1 aliphatic rings. The predicted octanol–water partition coefficient (Wildman–Crippen LogP) is 2.90. The first-order valence-corrected chi connectivity index (χ1v) is 4.26. The van der Waals surface area contributed by atoms with Crippen molar-refractivity contribution < 1.29 is 0 Å². The van der Waals surface area contributed by atoms with Crippen LogP contribution in [0, 0.1) is 11.3 Å². The zero-order valence-corrected chi connectivity index (χ0v) is 7.20. The Hall–Kier alpha value is -1.81. The summed E-state index contributed by atoms with van der Waals surface area (Å²) in [6, 6.07) is 9.86. The summed E-state index contributed by atoms with van der Waals surface area (Å²) in [5.74, 6) is 0. The first kappa shape index (κ1) is 7.82. The van der Waals surface area contributed by atoms with Crippen molar-refractivity contribution in [1.29, 1.82) is 5.26 Å². The van der Waals surface area contributed by atoms with Gasteiger partial charge in [0.25, 0.3) is 0 Å². The Kier molecular flexibility index (Phi) is 1.97. The Balaban J connectivity index is 2.37. The molecular weight excluding hydrogens is 158 g/mol. The molecule has 0 N–H and O–H groups in total. The normalized spacial score (nSPS) is 13.9. The van der Waals surface area contributed by atoms with Crippen LogP contribution in [0.2, 0.25) is 0 Å². The van der Waals surface area contributed by atoms with E-state index in [2.05, 4.69) is 18.2 Å². The zero-order valence-electron chi connectivity index (χ0n) is 7.20. The van der Waals surface area contributed by atoms with Crippen molar-refractivity contribution in [3.8, 4) is 6.07 Å². The van der Waals surface area contributed by atoms with Gasteiger partial charge in [-0.1, -0.05) is 30.4 Å². The number of nitriles is 1. The topological polar surface area (TPSA) is 23.8 Å². The fourth-order valence-electron chi connectivity index (χ4n) is 1.45. The van der Waals surface area contributed by atoms with Crippen molar-refractivity contribution >= 4 is 5.57 Å². The third kappa shape index (κ3) is 1.52. The van der Waals surface area contributed by atoms with E-state index >= 15 is 0 Å². The average molecular weight is 167 g/mol. The third-order valence-electron chi connectivity index (χ3n) is 2.13. The Bertz CT molecular complexity index is 419. The molecule has 1 aliphatic carbocycles. The number of hydrogen-bond donors (Lipinski definition) is 0. The first-order chi connectivity index (χ1) is 6.40. The van der Waals surface area contributed by atoms with E-state index < -0.39 is 0 Å². The minimum atomic E-state index is 0.727. The highest BCUT2D eigenvalue weighted by Crippen LogP contribution is 2.23. The summed E-state index contributed by atoms with van der Waals surface area (Å²) in [4.78, 5) is 0. The van der Waals surface area contributed by atoms with Crippen LogP contribution >= 0.6 is 0 Å². The second kappa shape index (κ2) is 3.28. The Morgan fingerprint density at radius 3 is 2.92 bits per heavy atom. The van der Waals surface area contributed by atoms with E-state index in [1.165, 1.54) is 5.57 Å². The van der Waals surface area contributed by atoms with Gasteiger partial charge in [0.15, 0.2) is 0 Å². The summed E-state index contributed by atoms with van der Waals surface area (Å²) in [5, 5.41) is 8.72. The van der Waals surface area contributed by atoms with Crippen LogP contribution in [0.1, 0.15) is 17.5 Å². The zero-order chi connectivity index (χ0) is 9.10. The average Bonchev–Trinajstić information content (AvgIpc) is 2.71. The van der Waals surface area contributed by atoms with Crippen molar-refractivity contribution in [2.45, 2.75) is 6.42 Å². The van der Waals surface area contributed by atoms with Crippen LogP contribution in [-0.4, -0.2) is 0 Å². The minimum Gasteiger partial charge on any atom is -0.192 e. The van der Waals surface area contributed by atoms with E-state index in [1.54, 1.807) is 0 Å². The molecule has 0 atom stereocenters. The Morgan fingerprint density at radius 2 is 2.23 bits per heavy atom. The van der Waals surface area contributed by atoms with Gasteiger partial charge in [-0.15, -0.1) is 0 Å². The number of hydrogen-bond acceptors (Lipinski definition) is 1. The van der Waals surface area contributed by atoms with E-state index in [9.17, 15) is 0 Å². The van der Waals surface area contributed by atoms with Crippen molar-refractivity contribution in [2.75, 3.05) is 0 Å². The molecule has 1 aromatic carbocycles. The molecular formula is C12H9N. The maximum Gasteiger partial charge on any atom is 0.0991 e. The van der Waals surface area contributed by atoms with Crippen LogP contribution < -0.4 is 0 Å². The van der Waals surface area contributed by atoms with Crippen molar-refractivity contribution in [1.82, 2.24) is 0 Å². The molecule has 1 nitrogen and oxygen atoms in total. The molecule has 0 aromatic heterocycles. The molecule has 0 radical (unpaired) electrons. The van der Waals surface area contributed by atoms with E-state index in [1.807, 2.05) is 30.3 Å². The van der Waals surface area contributed by atoms with Gasteiger partial charge in [-0.25, -0.2) is 0 Å². The van der Waals surface area contributed by atoms with Crippen LogP contribution in [0.5, 0.6) is 0 Å². The van der Waals surface area contributed by atoms with Crippen LogP contribution in [0.25, 0.3) is 5.57 Å². The van der Waals surface area contributed by atoms with Gasteiger partial charge in [0.1, 0.15) is 0 Å². The predicted molar refractivity (Wildman–Crippen MR) is 52.9 cm³/mol. The molecule has 62 valence electrons. The van der Waals surface area contributed by atoms with E-state index in [-0.39, 0.29) is 0 Å². The highest BCUT2D eigenvalue weighted by Gasteiger charge is 2.02. The van der Waals surface area contributed by atoms with Crippen molar-refractivity contribution in [3.63, 3.8) is 0 Å². The molecule has 1 aromatic rings. The fraction of sp³-hybridized carbons (Fsp3) is 0.0833. The van der Waals surface area contributed by atoms with Gasteiger partial charge in [-0.3, -0.25) is 0 Å². The quantitative estimate of drug-likeness (QED) is 0.630. The van der Waals surface area contributed by atoms with Crippen molar-refractivity contribution in [2.24, 2.45) is 0 Å². The third-order valence-corrected chi connectivity index (χ3v) is 2.13. The summed E-state index contributed by atoms with van der Waals surface area (Å²) >= 11 is 0. The molecule has 0 heterocycles. The van der Waals surface area contributed by atoms with E-state index in [0.29, 0.717) is 0 Å². The van der Waals surface area contributed by atoms with E-state index in [0.717, 1.165) is 17.5 Å². The molecule has 0 aliphatic heterocycles. The largest absolute Gasteiger partial charge is 0.192 e. The first-order valence-electron chi connectivity index (χ1n) is 4.26. The lowest BCUT2D eigenvalue weighted by molar-refractivity contribution is 1.41. The van der Waals surface area contributed by atoms with Gasteiger partial charge >= 0.3 is 0 Å². The van der Waals surface area contributed by atoms with Gasteiger partial charge in [0.05, 0.1) is 11.6 Å². The van der Waals surface area contributed by atoms with Crippen LogP contribution in [0.3, 0.4) is 0 Å². The summed E-state index contributed by atoms with van der Waals surface area (Å²) < 4.78 is 0. The van der Waals surface area contributed by atoms with Crippen LogP contribution in [0.15, 0.2) is 42.5 Å². The number of nitrogens with zero attached hydrogens (tertiary/aromatic N) is 1. The highest BCUT2D eigenvalue weighted by atomic mass is 14.2. The molecule has 2 rings (SSSR count). The molecule has 1 heteroatoms. The van der Waals surface area contributed by atoms with Gasteiger partial charge in [-0.05, 0) is 29.7 Å². The second-order valence-electron chi connectivity index (χ2n) is 3.02. The molecule has 0 spiro atoms. The van der Waals surface area contributed by atoms with Gasteiger partial charge in [0, 0.05) is 0 Å². The summed E-state index contributed by atoms with van der Waals surface area (Å²) in [6.07, 6.45) is 7.24. The maximum absolute atomic E-state index is 8.72. The second-order valence-corrected chi connectivity index (χ2v) is 3.02. The number of benzene rings is 1. The minimum absolute atomic E-state index is 0.727. The van der Waals surface area contributed by atoms with E-state index in [4.69, 9.17) is 5.26 Å². The Morgan fingerprint density at radius 1 is 1.31 bits per heavy atom. The highest BCUT2D eigenvalue weighted by molar-refractivity contribution is 5.71. The molecule has 0 fully saturated rings. The lowest BCUT2D eigenvalue weighted by Crippen LogP contribution is -1.82. The lowest BCUT2D eigenvalue weighted by atomic mass is 10.0. The van der Waals surface area contributed by atoms with Gasteiger partial charge < -0.3 is 0 Å². The van der Waals surface area contributed by atoms with Crippen LogP contribution in [-0.2, 0) is 0 Å². The molecule has 0 unspecified atom stereocenters. The molecule has 0 saturated carbocycles. The lowest BCUT2D eigenvalue weighted by Gasteiger charge is -2.01. The van der Waals surface area contributed by atoms with Gasteiger partial charge in [0.2, 0.25) is 0 Å². The fourth-order valence-corrected chi connectivity index (χ4v) is 1.45. The molecule has 0 bridgehead atoms. The summed E-state index contributed by atoms with van der Waals surface area (Å²) in [5.41, 5.74) is 3.17. The van der Waals surface area contributed by atoms with Gasteiger partial charge in [-0.2, -0.15) is 5.26 Å². The smallest absolute Gasteiger partial charge is 0.0991 e. The van der Waals surface area contributed by atoms with Crippen molar-refractivity contribution in [3.05, 3.63) is 53.6 Å². The summed E-state index contributed by atoms with van der Waals surface area (Å²) in [6.45, 7) is 0. The molecule has 0 amide bonds. The molecule has 13 heavy (non-hydrogen) atoms. The monoisotopic (exact) mass is 167 g/mol. The number of rotatable bonds is 1.